The average Bonchev–Trinajstić information content (AvgIpc) is 2.78. The minimum Gasteiger partial charge on any atom is -0.480 e. The summed E-state index contributed by atoms with van der Waals surface area (Å²) >= 11 is 0. The second kappa shape index (κ2) is 6.45. The highest BCUT2D eigenvalue weighted by Crippen LogP contribution is 2.43. The van der Waals surface area contributed by atoms with Crippen molar-refractivity contribution in [3.05, 3.63) is 35.9 Å². The van der Waals surface area contributed by atoms with E-state index in [9.17, 15) is 33.6 Å². The van der Waals surface area contributed by atoms with E-state index in [0.717, 1.165) is 4.90 Å². The van der Waals surface area contributed by atoms with Crippen LogP contribution in [0.15, 0.2) is 30.3 Å². The number of β-lactam (4-membered cyclic amide) rings is 1. The van der Waals surface area contributed by atoms with Crippen LogP contribution in [-0.4, -0.2) is 65.3 Å². The Morgan fingerprint density at radius 3 is 2.30 bits per heavy atom. The number of carbonyl (C=O) groups is 4. The molecule has 144 valence electrons. The van der Waals surface area contributed by atoms with E-state index in [0.29, 0.717) is 0 Å². The Balaban J connectivity index is 1.84. The third-order valence-corrected chi connectivity index (χ3v) is 7.13. The lowest BCUT2D eigenvalue weighted by Gasteiger charge is -2.43. The van der Waals surface area contributed by atoms with E-state index in [2.05, 4.69) is 5.32 Å². The van der Waals surface area contributed by atoms with Crippen LogP contribution in [-0.2, 0) is 30.0 Å². The van der Waals surface area contributed by atoms with Crippen LogP contribution in [0.3, 0.4) is 0 Å². The van der Waals surface area contributed by atoms with Gasteiger partial charge in [-0.05, 0) is 19.4 Å². The first-order valence-electron chi connectivity index (χ1n) is 8.12. The summed E-state index contributed by atoms with van der Waals surface area (Å²) < 4.78 is 11.5. The van der Waals surface area contributed by atoms with Crippen LogP contribution in [0.1, 0.15) is 25.3 Å². The van der Waals surface area contributed by atoms with Crippen molar-refractivity contribution in [1.29, 1.82) is 0 Å². The number of carboxylic acid groups (broad SMARTS) is 2. The van der Waals surface area contributed by atoms with Crippen LogP contribution in [0.25, 0.3) is 0 Å². The zero-order chi connectivity index (χ0) is 20.1. The summed E-state index contributed by atoms with van der Waals surface area (Å²) in [6, 6.07) is 5.31. The topological polar surface area (TPSA) is 141 Å². The SMILES string of the molecule is CC1(C)[C@H](C(=O)O)N2C(=O)[C@@H](NC(=O)[C@@H](C(=O)O)c3ccccc3)[C@@H]2[S@]1=O. The maximum absolute atomic E-state index is 12.7. The molecule has 1 aromatic rings. The third kappa shape index (κ3) is 2.80. The molecule has 0 spiro atoms. The van der Waals surface area contributed by atoms with Crippen LogP contribution in [0.4, 0.5) is 0 Å². The van der Waals surface area contributed by atoms with Gasteiger partial charge in [0.05, 0.1) is 15.5 Å². The molecule has 3 rings (SSSR count). The second-order valence-corrected chi connectivity index (χ2v) is 9.08. The highest BCUT2D eigenvalue weighted by Gasteiger charge is 2.68. The smallest absolute Gasteiger partial charge is 0.328 e. The Morgan fingerprint density at radius 2 is 1.78 bits per heavy atom. The average molecular weight is 394 g/mol. The van der Waals surface area contributed by atoms with Crippen molar-refractivity contribution < 1.29 is 33.6 Å². The van der Waals surface area contributed by atoms with Crippen molar-refractivity contribution in [3.8, 4) is 0 Å². The fourth-order valence-corrected chi connectivity index (χ4v) is 5.50. The highest BCUT2D eigenvalue weighted by molar-refractivity contribution is 7.87. The van der Waals surface area contributed by atoms with Gasteiger partial charge in [0.25, 0.3) is 0 Å². The molecule has 0 unspecified atom stereocenters. The van der Waals surface area contributed by atoms with Crippen molar-refractivity contribution in [2.45, 2.75) is 42.0 Å². The zero-order valence-corrected chi connectivity index (χ0v) is 15.3. The molecule has 2 aliphatic rings. The van der Waals surface area contributed by atoms with E-state index in [4.69, 9.17) is 0 Å². The molecule has 2 amide bonds. The molecule has 10 heteroatoms. The number of hydrogen-bond acceptors (Lipinski definition) is 5. The first-order chi connectivity index (χ1) is 12.6. The maximum atomic E-state index is 12.7. The Morgan fingerprint density at radius 1 is 1.19 bits per heavy atom. The van der Waals surface area contributed by atoms with Gasteiger partial charge in [0.2, 0.25) is 11.8 Å². The van der Waals surface area contributed by atoms with Gasteiger partial charge in [-0.1, -0.05) is 30.3 Å². The number of aliphatic carboxylic acids is 2. The summed E-state index contributed by atoms with van der Waals surface area (Å²) in [6.07, 6.45) is 0. The standard InChI is InChI=1S/C17H18N2O7S/c1-17(2)11(16(24)25)19-13(21)10(14(19)27(17)26)18-12(20)9(15(22)23)8-6-4-3-5-7-8/h3-7,9-11,14H,1-2H3,(H,18,20)(H,22,23)(H,24,25)/t9-,10+,11-,14-,27+/m0/s1. The molecular formula is C17H18N2O7S. The Bertz CT molecular complexity index is 854. The van der Waals surface area contributed by atoms with E-state index in [1.807, 2.05) is 0 Å². The number of nitrogens with zero attached hydrogens (tertiary/aromatic N) is 1. The second-order valence-electron chi connectivity index (χ2n) is 6.95. The molecule has 0 saturated carbocycles. The molecule has 1 aromatic carbocycles. The van der Waals surface area contributed by atoms with E-state index >= 15 is 0 Å². The van der Waals surface area contributed by atoms with E-state index in [1.54, 1.807) is 18.2 Å². The van der Waals surface area contributed by atoms with Crippen molar-refractivity contribution in [3.63, 3.8) is 0 Å². The lowest BCUT2D eigenvalue weighted by molar-refractivity contribution is -0.161. The molecule has 5 atom stereocenters. The molecule has 3 N–H and O–H groups in total. The Kier molecular flexibility index (Phi) is 4.54. The van der Waals surface area contributed by atoms with Gasteiger partial charge in [-0.2, -0.15) is 0 Å². The molecule has 2 heterocycles. The highest BCUT2D eigenvalue weighted by atomic mass is 32.2. The fourth-order valence-electron chi connectivity index (χ4n) is 3.58. The van der Waals surface area contributed by atoms with E-state index < -0.39 is 62.7 Å². The molecular weight excluding hydrogens is 376 g/mol. The number of rotatable bonds is 5. The van der Waals surface area contributed by atoms with Gasteiger partial charge in [0.1, 0.15) is 17.5 Å². The largest absolute Gasteiger partial charge is 0.480 e. The first kappa shape index (κ1) is 19.0. The predicted molar refractivity (Wildman–Crippen MR) is 93.0 cm³/mol. The summed E-state index contributed by atoms with van der Waals surface area (Å²) in [5.41, 5.74) is 0.238. The van der Waals surface area contributed by atoms with Gasteiger partial charge in [-0.25, -0.2) is 4.79 Å². The maximum Gasteiger partial charge on any atom is 0.328 e. The molecule has 0 aliphatic carbocycles. The quantitative estimate of drug-likeness (QED) is 0.452. The van der Waals surface area contributed by atoms with E-state index in [1.165, 1.54) is 26.0 Å². The number of carboxylic acids is 2. The van der Waals surface area contributed by atoms with Gasteiger partial charge >= 0.3 is 11.9 Å². The van der Waals surface area contributed by atoms with Gasteiger partial charge in [-0.3, -0.25) is 18.6 Å². The molecule has 0 bridgehead atoms. The van der Waals surface area contributed by atoms with Crippen LogP contribution >= 0.6 is 0 Å². The van der Waals surface area contributed by atoms with Crippen LogP contribution < -0.4 is 5.32 Å². The number of fused-ring (bicyclic) bond motifs is 1. The molecule has 0 aromatic heterocycles. The Labute approximate surface area is 156 Å². The zero-order valence-electron chi connectivity index (χ0n) is 14.5. The number of benzene rings is 1. The van der Waals surface area contributed by atoms with Crippen LogP contribution in [0, 0.1) is 0 Å². The summed E-state index contributed by atoms with van der Waals surface area (Å²) in [6.45, 7) is 2.97. The Hall–Kier alpha value is -2.75. The van der Waals surface area contributed by atoms with Crippen molar-refractivity contribution >= 4 is 34.6 Å². The van der Waals surface area contributed by atoms with Gasteiger partial charge in [-0.15, -0.1) is 0 Å². The minimum absolute atomic E-state index is 0.238. The summed E-state index contributed by atoms with van der Waals surface area (Å²) in [7, 11) is -1.75. The molecule has 2 saturated heterocycles. The van der Waals surface area contributed by atoms with Crippen molar-refractivity contribution in [2.75, 3.05) is 0 Å². The number of nitrogens with one attached hydrogen (secondary N) is 1. The van der Waals surface area contributed by atoms with Gasteiger partial charge < -0.3 is 20.4 Å². The number of hydrogen-bond donors (Lipinski definition) is 3. The van der Waals surface area contributed by atoms with Crippen LogP contribution in [0.5, 0.6) is 0 Å². The van der Waals surface area contributed by atoms with E-state index in [-0.39, 0.29) is 5.56 Å². The monoisotopic (exact) mass is 394 g/mol. The molecule has 2 fully saturated rings. The molecule has 2 aliphatic heterocycles. The van der Waals surface area contributed by atoms with Crippen LogP contribution in [0.2, 0.25) is 0 Å². The lowest BCUT2D eigenvalue weighted by Crippen LogP contribution is -2.72. The van der Waals surface area contributed by atoms with Crippen molar-refractivity contribution in [2.24, 2.45) is 0 Å². The van der Waals surface area contributed by atoms with Gasteiger partial charge in [0, 0.05) is 0 Å². The predicted octanol–water partition coefficient (Wildman–Crippen LogP) is -0.498. The third-order valence-electron chi connectivity index (χ3n) is 4.93. The van der Waals surface area contributed by atoms with Gasteiger partial charge in [0.15, 0.2) is 5.92 Å². The molecule has 9 nitrogen and oxygen atoms in total. The number of carbonyl (C=O) groups excluding carboxylic acids is 2. The lowest BCUT2D eigenvalue weighted by atomic mass is 9.94. The summed E-state index contributed by atoms with van der Waals surface area (Å²) in [4.78, 5) is 49.0. The van der Waals surface area contributed by atoms with Crippen molar-refractivity contribution in [1.82, 2.24) is 10.2 Å². The summed E-state index contributed by atoms with van der Waals surface area (Å²) in [5.74, 6) is -5.80. The molecule has 0 radical (unpaired) electrons. The summed E-state index contributed by atoms with van der Waals surface area (Å²) in [5, 5.41) is 20.2. The molecule has 27 heavy (non-hydrogen) atoms. The minimum atomic E-state index is -1.75. The first-order valence-corrected chi connectivity index (χ1v) is 9.34. The number of amides is 2. The fraction of sp³-hybridized carbons (Fsp3) is 0.412. The normalized spacial score (nSPS) is 29.4.